The summed E-state index contributed by atoms with van der Waals surface area (Å²) in [6.45, 7) is 6.12. The molecule has 0 unspecified atom stereocenters. The number of aryl methyl sites for hydroxylation is 1. The molecule has 0 spiro atoms. The molecule has 0 atom stereocenters. The predicted molar refractivity (Wildman–Crippen MR) is 108 cm³/mol. The van der Waals surface area contributed by atoms with E-state index in [4.69, 9.17) is 11.6 Å². The minimum Gasteiger partial charge on any atom is -0.354 e. The number of para-hydroxylation sites is 2. The molecule has 3 rings (SSSR count). The Morgan fingerprint density at radius 3 is 2.81 bits per heavy atom. The molecule has 0 saturated heterocycles. The van der Waals surface area contributed by atoms with E-state index in [1.54, 1.807) is 18.3 Å². The van der Waals surface area contributed by atoms with Gasteiger partial charge in [0.25, 0.3) is 5.91 Å². The van der Waals surface area contributed by atoms with Gasteiger partial charge in [-0.3, -0.25) is 9.78 Å². The first-order valence-corrected chi connectivity index (χ1v) is 8.84. The predicted octanol–water partition coefficient (Wildman–Crippen LogP) is 5.11. The normalized spacial score (nSPS) is 10.5. The summed E-state index contributed by atoms with van der Waals surface area (Å²) in [5.41, 5.74) is 3.94. The minimum absolute atomic E-state index is 0.212. The van der Waals surface area contributed by atoms with Gasteiger partial charge in [0.05, 0.1) is 21.8 Å². The average molecular weight is 366 g/mol. The highest BCUT2D eigenvalue weighted by Crippen LogP contribution is 2.33. The molecule has 2 N–H and O–H groups in total. The van der Waals surface area contributed by atoms with Crippen LogP contribution in [0.5, 0.6) is 0 Å². The van der Waals surface area contributed by atoms with Crippen LogP contribution in [0.1, 0.15) is 22.8 Å². The lowest BCUT2D eigenvalue weighted by molar-refractivity contribution is 0.0958. The van der Waals surface area contributed by atoms with Crippen molar-refractivity contribution in [3.05, 3.63) is 77.5 Å². The van der Waals surface area contributed by atoms with Crippen molar-refractivity contribution in [1.82, 2.24) is 10.3 Å². The number of carbonyl (C=O) groups is 1. The van der Waals surface area contributed by atoms with Crippen LogP contribution in [0.15, 0.2) is 61.3 Å². The largest absolute Gasteiger partial charge is 0.354 e. The maximum atomic E-state index is 12.6. The fourth-order valence-electron chi connectivity index (χ4n) is 2.84. The standard InChI is InChI=1S/C21H20ClN3O/c1-3-12-23-21(26)16-13-24-20-15(9-7-10-17(20)22)19(16)25-18-11-6-5-8-14(18)4-2/h3,5-11,13H,1,4,12H2,2H3,(H,23,26)(H,24,25). The number of hydrogen-bond donors (Lipinski definition) is 2. The SMILES string of the molecule is C=CCNC(=O)c1cnc2c(Cl)cccc2c1Nc1ccccc1CC. The summed E-state index contributed by atoms with van der Waals surface area (Å²) in [4.78, 5) is 17.0. The Bertz CT molecular complexity index is 969. The van der Waals surface area contributed by atoms with Crippen molar-refractivity contribution >= 4 is 39.8 Å². The molecule has 132 valence electrons. The Kier molecular flexibility index (Phi) is 5.54. The highest BCUT2D eigenvalue weighted by atomic mass is 35.5. The number of amides is 1. The number of anilines is 2. The summed E-state index contributed by atoms with van der Waals surface area (Å²) in [6.07, 6.45) is 4.08. The van der Waals surface area contributed by atoms with Crippen LogP contribution in [0, 0.1) is 0 Å². The van der Waals surface area contributed by atoms with E-state index in [1.807, 2.05) is 30.3 Å². The van der Waals surface area contributed by atoms with Crippen molar-refractivity contribution in [2.45, 2.75) is 13.3 Å². The first-order chi connectivity index (χ1) is 12.7. The lowest BCUT2D eigenvalue weighted by atomic mass is 10.1. The lowest BCUT2D eigenvalue weighted by Crippen LogP contribution is -2.24. The van der Waals surface area contributed by atoms with Crippen LogP contribution in [-0.4, -0.2) is 17.4 Å². The molecule has 1 heterocycles. The molecule has 5 heteroatoms. The number of pyridine rings is 1. The number of nitrogens with zero attached hydrogens (tertiary/aromatic N) is 1. The number of fused-ring (bicyclic) bond motifs is 1. The van der Waals surface area contributed by atoms with Crippen molar-refractivity contribution in [2.24, 2.45) is 0 Å². The molecule has 1 amide bonds. The maximum absolute atomic E-state index is 12.6. The number of aromatic nitrogens is 1. The van der Waals surface area contributed by atoms with Crippen LogP contribution in [0.2, 0.25) is 5.02 Å². The lowest BCUT2D eigenvalue weighted by Gasteiger charge is -2.17. The zero-order valence-electron chi connectivity index (χ0n) is 14.6. The van der Waals surface area contributed by atoms with Gasteiger partial charge in [0.2, 0.25) is 0 Å². The smallest absolute Gasteiger partial charge is 0.255 e. The second-order valence-corrected chi connectivity index (χ2v) is 6.22. The minimum atomic E-state index is -0.212. The second kappa shape index (κ2) is 8.02. The van der Waals surface area contributed by atoms with Gasteiger partial charge in [0, 0.05) is 23.8 Å². The highest BCUT2D eigenvalue weighted by Gasteiger charge is 2.17. The van der Waals surface area contributed by atoms with Gasteiger partial charge in [-0.25, -0.2) is 0 Å². The van der Waals surface area contributed by atoms with Crippen LogP contribution in [0.25, 0.3) is 10.9 Å². The van der Waals surface area contributed by atoms with Crippen LogP contribution >= 0.6 is 11.6 Å². The number of nitrogens with one attached hydrogen (secondary N) is 2. The Morgan fingerprint density at radius 1 is 1.23 bits per heavy atom. The van der Waals surface area contributed by atoms with Crippen LogP contribution < -0.4 is 10.6 Å². The molecule has 0 aliphatic carbocycles. The van der Waals surface area contributed by atoms with E-state index >= 15 is 0 Å². The fraction of sp³-hybridized carbons (Fsp3) is 0.143. The van der Waals surface area contributed by atoms with Crippen molar-refractivity contribution < 1.29 is 4.79 Å². The summed E-state index contributed by atoms with van der Waals surface area (Å²) < 4.78 is 0. The molecule has 2 aromatic carbocycles. The molecule has 1 aromatic heterocycles. The Balaban J connectivity index is 2.17. The number of benzene rings is 2. The Hall–Kier alpha value is -2.85. The molecular formula is C21H20ClN3O. The molecule has 3 aromatic rings. The fourth-order valence-corrected chi connectivity index (χ4v) is 3.06. The molecule has 0 fully saturated rings. The third kappa shape index (κ3) is 3.55. The van der Waals surface area contributed by atoms with Gasteiger partial charge in [-0.2, -0.15) is 0 Å². The van der Waals surface area contributed by atoms with Gasteiger partial charge in [0.1, 0.15) is 0 Å². The number of halogens is 1. The zero-order chi connectivity index (χ0) is 18.5. The van der Waals surface area contributed by atoms with Gasteiger partial charge in [-0.15, -0.1) is 6.58 Å². The van der Waals surface area contributed by atoms with Crippen LogP contribution in [0.4, 0.5) is 11.4 Å². The second-order valence-electron chi connectivity index (χ2n) is 5.82. The van der Waals surface area contributed by atoms with E-state index in [-0.39, 0.29) is 5.91 Å². The van der Waals surface area contributed by atoms with Gasteiger partial charge in [0.15, 0.2) is 0 Å². The van der Waals surface area contributed by atoms with E-state index in [0.29, 0.717) is 28.3 Å². The number of rotatable bonds is 6. The molecule has 0 saturated carbocycles. The van der Waals surface area contributed by atoms with Crippen molar-refractivity contribution in [1.29, 1.82) is 0 Å². The molecular weight excluding hydrogens is 346 g/mol. The van der Waals surface area contributed by atoms with E-state index < -0.39 is 0 Å². The summed E-state index contributed by atoms with van der Waals surface area (Å²) in [5, 5.41) is 7.60. The molecule has 0 bridgehead atoms. The number of hydrogen-bond acceptors (Lipinski definition) is 3. The third-order valence-corrected chi connectivity index (χ3v) is 4.46. The molecule has 0 aliphatic heterocycles. The summed E-state index contributed by atoms with van der Waals surface area (Å²) >= 11 is 6.30. The van der Waals surface area contributed by atoms with Gasteiger partial charge >= 0.3 is 0 Å². The van der Waals surface area contributed by atoms with E-state index in [0.717, 1.165) is 23.1 Å². The molecule has 0 aliphatic rings. The van der Waals surface area contributed by atoms with Crippen molar-refractivity contribution in [2.75, 3.05) is 11.9 Å². The third-order valence-electron chi connectivity index (χ3n) is 4.16. The van der Waals surface area contributed by atoms with Crippen molar-refractivity contribution in [3.8, 4) is 0 Å². The Labute approximate surface area is 157 Å². The molecule has 26 heavy (non-hydrogen) atoms. The topological polar surface area (TPSA) is 54.0 Å². The number of carbonyl (C=O) groups excluding carboxylic acids is 1. The summed E-state index contributed by atoms with van der Waals surface area (Å²) in [6, 6.07) is 13.6. The van der Waals surface area contributed by atoms with Gasteiger partial charge in [-0.1, -0.05) is 54.9 Å². The molecule has 0 radical (unpaired) electrons. The molecule has 4 nitrogen and oxygen atoms in total. The highest BCUT2D eigenvalue weighted by molar-refractivity contribution is 6.35. The van der Waals surface area contributed by atoms with Crippen molar-refractivity contribution in [3.63, 3.8) is 0 Å². The van der Waals surface area contributed by atoms with Gasteiger partial charge < -0.3 is 10.6 Å². The zero-order valence-corrected chi connectivity index (χ0v) is 15.3. The van der Waals surface area contributed by atoms with E-state index in [1.165, 1.54) is 0 Å². The first-order valence-electron chi connectivity index (χ1n) is 8.47. The summed E-state index contributed by atoms with van der Waals surface area (Å²) in [7, 11) is 0. The maximum Gasteiger partial charge on any atom is 0.255 e. The van der Waals surface area contributed by atoms with Crippen LogP contribution in [0.3, 0.4) is 0 Å². The van der Waals surface area contributed by atoms with Gasteiger partial charge in [-0.05, 0) is 24.1 Å². The first kappa shape index (κ1) is 18.0. The average Bonchev–Trinajstić information content (AvgIpc) is 2.67. The quantitative estimate of drug-likeness (QED) is 0.597. The van der Waals surface area contributed by atoms with E-state index in [9.17, 15) is 4.79 Å². The van der Waals surface area contributed by atoms with Crippen LogP contribution in [-0.2, 0) is 6.42 Å². The van der Waals surface area contributed by atoms with E-state index in [2.05, 4.69) is 35.2 Å². The summed E-state index contributed by atoms with van der Waals surface area (Å²) in [5.74, 6) is -0.212. The Morgan fingerprint density at radius 2 is 2.04 bits per heavy atom. The monoisotopic (exact) mass is 365 g/mol.